The standard InChI is InChI=1S/C20H24N2OS/c1-15-5-3-7-18(21-15)14-22-12-4-6-17(13-22)20(23)16-8-10-19(24-2)11-9-16/h3,5,7-11,17H,4,6,12-14H2,1-2H3/t17-/m1/s1. The third kappa shape index (κ3) is 4.25. The minimum absolute atomic E-state index is 0.101. The minimum Gasteiger partial charge on any atom is -0.297 e. The molecule has 126 valence electrons. The number of aryl methyl sites for hydroxylation is 1. The Hall–Kier alpha value is -1.65. The highest BCUT2D eigenvalue weighted by molar-refractivity contribution is 7.98. The minimum atomic E-state index is 0.101. The number of carbonyl (C=O) groups excluding carboxylic acids is 1. The summed E-state index contributed by atoms with van der Waals surface area (Å²) >= 11 is 1.70. The number of hydrogen-bond donors (Lipinski definition) is 0. The Morgan fingerprint density at radius 1 is 1.25 bits per heavy atom. The number of aromatic nitrogens is 1. The number of nitrogens with zero attached hydrogens (tertiary/aromatic N) is 2. The van der Waals surface area contributed by atoms with Gasteiger partial charge in [-0.3, -0.25) is 14.7 Å². The first-order valence-electron chi connectivity index (χ1n) is 8.49. The highest BCUT2D eigenvalue weighted by Gasteiger charge is 2.26. The molecule has 2 aromatic rings. The topological polar surface area (TPSA) is 33.2 Å². The first-order valence-corrected chi connectivity index (χ1v) is 9.71. The zero-order valence-corrected chi connectivity index (χ0v) is 15.2. The van der Waals surface area contributed by atoms with Gasteiger partial charge < -0.3 is 0 Å². The van der Waals surface area contributed by atoms with Crippen molar-refractivity contribution < 1.29 is 4.79 Å². The molecule has 0 N–H and O–H groups in total. The summed E-state index contributed by atoms with van der Waals surface area (Å²) < 4.78 is 0. The molecule has 3 rings (SSSR count). The van der Waals surface area contributed by atoms with Gasteiger partial charge >= 0.3 is 0 Å². The van der Waals surface area contributed by atoms with E-state index in [1.54, 1.807) is 11.8 Å². The number of likely N-dealkylation sites (tertiary alicyclic amines) is 1. The normalized spacial score (nSPS) is 18.5. The van der Waals surface area contributed by atoms with E-state index in [0.29, 0.717) is 0 Å². The maximum absolute atomic E-state index is 12.8. The Morgan fingerprint density at radius 3 is 2.75 bits per heavy atom. The summed E-state index contributed by atoms with van der Waals surface area (Å²) in [5.41, 5.74) is 2.98. The van der Waals surface area contributed by atoms with Gasteiger partial charge in [0.15, 0.2) is 5.78 Å². The molecule has 0 amide bonds. The van der Waals surface area contributed by atoms with E-state index in [0.717, 1.165) is 49.4 Å². The van der Waals surface area contributed by atoms with Gasteiger partial charge in [0.2, 0.25) is 0 Å². The highest BCUT2D eigenvalue weighted by Crippen LogP contribution is 2.23. The monoisotopic (exact) mass is 340 g/mol. The van der Waals surface area contributed by atoms with Crippen molar-refractivity contribution in [3.05, 3.63) is 59.4 Å². The Labute approximate surface area is 148 Å². The van der Waals surface area contributed by atoms with E-state index in [9.17, 15) is 4.79 Å². The molecule has 1 aliphatic heterocycles. The van der Waals surface area contributed by atoms with Crippen molar-refractivity contribution in [2.45, 2.75) is 31.2 Å². The lowest BCUT2D eigenvalue weighted by Gasteiger charge is -2.31. The van der Waals surface area contributed by atoms with E-state index >= 15 is 0 Å². The third-order valence-electron chi connectivity index (χ3n) is 4.58. The van der Waals surface area contributed by atoms with E-state index in [1.807, 2.05) is 37.3 Å². The summed E-state index contributed by atoms with van der Waals surface area (Å²) in [6.07, 6.45) is 4.11. The van der Waals surface area contributed by atoms with Crippen molar-refractivity contribution in [1.29, 1.82) is 0 Å². The van der Waals surface area contributed by atoms with Crippen LogP contribution in [0.15, 0.2) is 47.4 Å². The van der Waals surface area contributed by atoms with Gasteiger partial charge in [0.05, 0.1) is 5.69 Å². The van der Waals surface area contributed by atoms with Gasteiger partial charge in [-0.15, -0.1) is 11.8 Å². The number of Topliss-reactive ketones (excluding diaryl/α,β-unsaturated/α-hetero) is 1. The maximum atomic E-state index is 12.8. The van der Waals surface area contributed by atoms with Gasteiger partial charge in [-0.2, -0.15) is 0 Å². The molecule has 1 aliphatic rings. The van der Waals surface area contributed by atoms with E-state index in [-0.39, 0.29) is 11.7 Å². The zero-order valence-electron chi connectivity index (χ0n) is 14.4. The molecule has 0 aliphatic carbocycles. The summed E-state index contributed by atoms with van der Waals surface area (Å²) in [6.45, 7) is 4.73. The molecular weight excluding hydrogens is 316 g/mol. The lowest BCUT2D eigenvalue weighted by atomic mass is 9.90. The molecule has 3 nitrogen and oxygen atoms in total. The van der Waals surface area contributed by atoms with Crippen molar-refractivity contribution in [2.75, 3.05) is 19.3 Å². The molecule has 1 aromatic carbocycles. The van der Waals surface area contributed by atoms with E-state index in [1.165, 1.54) is 4.90 Å². The van der Waals surface area contributed by atoms with E-state index < -0.39 is 0 Å². The summed E-state index contributed by atoms with van der Waals surface area (Å²) in [6, 6.07) is 14.1. The molecule has 2 heterocycles. The van der Waals surface area contributed by atoms with Crippen molar-refractivity contribution in [3.63, 3.8) is 0 Å². The molecule has 1 atom stereocenters. The Bertz CT molecular complexity index is 699. The summed E-state index contributed by atoms with van der Waals surface area (Å²) in [4.78, 5) is 20.9. The van der Waals surface area contributed by atoms with Crippen LogP contribution in [0, 0.1) is 12.8 Å². The first-order chi connectivity index (χ1) is 11.7. The van der Waals surface area contributed by atoms with Crippen molar-refractivity contribution in [3.8, 4) is 0 Å². The van der Waals surface area contributed by atoms with Crippen LogP contribution in [0.2, 0.25) is 0 Å². The van der Waals surface area contributed by atoms with Gasteiger partial charge in [-0.25, -0.2) is 0 Å². The second-order valence-corrected chi connectivity index (χ2v) is 7.32. The number of carbonyl (C=O) groups is 1. The molecule has 24 heavy (non-hydrogen) atoms. The molecule has 0 saturated carbocycles. The lowest BCUT2D eigenvalue weighted by Crippen LogP contribution is -2.38. The van der Waals surface area contributed by atoms with Crippen LogP contribution in [-0.2, 0) is 6.54 Å². The molecule has 0 spiro atoms. The van der Waals surface area contributed by atoms with E-state index in [2.05, 4.69) is 28.3 Å². The average Bonchev–Trinajstić information content (AvgIpc) is 2.61. The summed E-state index contributed by atoms with van der Waals surface area (Å²) in [5, 5.41) is 0. The summed E-state index contributed by atoms with van der Waals surface area (Å²) in [5.74, 6) is 0.383. The molecular formula is C20H24N2OS. The number of piperidine rings is 1. The molecule has 1 aromatic heterocycles. The van der Waals surface area contributed by atoms with Crippen LogP contribution in [-0.4, -0.2) is 35.0 Å². The number of rotatable bonds is 5. The predicted molar refractivity (Wildman–Crippen MR) is 99.5 cm³/mol. The van der Waals surface area contributed by atoms with Gasteiger partial charge in [-0.05, 0) is 56.8 Å². The molecule has 1 fully saturated rings. The second-order valence-electron chi connectivity index (χ2n) is 6.44. The van der Waals surface area contributed by atoms with Crippen LogP contribution in [0.25, 0.3) is 0 Å². The van der Waals surface area contributed by atoms with Crippen LogP contribution in [0.4, 0.5) is 0 Å². The van der Waals surface area contributed by atoms with E-state index in [4.69, 9.17) is 0 Å². The molecule has 0 radical (unpaired) electrons. The molecule has 0 unspecified atom stereocenters. The Morgan fingerprint density at radius 2 is 2.04 bits per heavy atom. The fourth-order valence-corrected chi connectivity index (χ4v) is 3.73. The van der Waals surface area contributed by atoms with Gasteiger partial charge in [-0.1, -0.05) is 18.2 Å². The SMILES string of the molecule is CSc1ccc(C(=O)[C@@H]2CCCN(Cc3cccc(C)n3)C2)cc1. The number of hydrogen-bond acceptors (Lipinski definition) is 4. The lowest BCUT2D eigenvalue weighted by molar-refractivity contribution is 0.0810. The number of ketones is 1. The average molecular weight is 340 g/mol. The van der Waals surface area contributed by atoms with Crippen molar-refractivity contribution >= 4 is 17.5 Å². The van der Waals surface area contributed by atoms with Crippen LogP contribution in [0.5, 0.6) is 0 Å². The number of pyridine rings is 1. The van der Waals surface area contributed by atoms with Gasteiger partial charge in [0, 0.05) is 35.2 Å². The molecule has 4 heteroatoms. The zero-order chi connectivity index (χ0) is 16.9. The summed E-state index contributed by atoms with van der Waals surface area (Å²) in [7, 11) is 0. The van der Waals surface area contributed by atoms with Crippen molar-refractivity contribution in [2.24, 2.45) is 5.92 Å². The fourth-order valence-electron chi connectivity index (χ4n) is 3.32. The molecule has 1 saturated heterocycles. The van der Waals surface area contributed by atoms with Crippen molar-refractivity contribution in [1.82, 2.24) is 9.88 Å². The fraction of sp³-hybridized carbons (Fsp3) is 0.400. The third-order valence-corrected chi connectivity index (χ3v) is 5.33. The smallest absolute Gasteiger partial charge is 0.167 e. The van der Waals surface area contributed by atoms with Gasteiger partial charge in [0.1, 0.15) is 0 Å². The Balaban J connectivity index is 1.64. The molecule has 0 bridgehead atoms. The number of benzene rings is 1. The highest BCUT2D eigenvalue weighted by atomic mass is 32.2. The van der Waals surface area contributed by atoms with Gasteiger partial charge in [0.25, 0.3) is 0 Å². The quantitative estimate of drug-likeness (QED) is 0.603. The predicted octanol–water partition coefficient (Wildman–Crippen LogP) is 4.21. The van der Waals surface area contributed by atoms with Crippen LogP contribution >= 0.6 is 11.8 Å². The largest absolute Gasteiger partial charge is 0.297 e. The number of thioether (sulfide) groups is 1. The first kappa shape index (κ1) is 17.2. The van der Waals surface area contributed by atoms with Crippen LogP contribution < -0.4 is 0 Å². The second kappa shape index (κ2) is 7.95. The maximum Gasteiger partial charge on any atom is 0.167 e. The Kier molecular flexibility index (Phi) is 5.69. The van der Waals surface area contributed by atoms with Crippen LogP contribution in [0.1, 0.15) is 34.6 Å². The van der Waals surface area contributed by atoms with Crippen LogP contribution in [0.3, 0.4) is 0 Å².